The van der Waals surface area contributed by atoms with Crippen LogP contribution in [0.5, 0.6) is 0 Å². The van der Waals surface area contributed by atoms with Gasteiger partial charge in [-0.05, 0) is 56.7 Å². The predicted molar refractivity (Wildman–Crippen MR) is 128 cm³/mol. The summed E-state index contributed by atoms with van der Waals surface area (Å²) in [6.45, 7) is 10.0. The molecule has 1 aliphatic rings. The number of hydrogen-bond acceptors (Lipinski definition) is 2. The summed E-state index contributed by atoms with van der Waals surface area (Å²) in [6.07, 6.45) is 7.49. The fraction of sp³-hybridized carbons (Fsp3) is 0.545. The molecule has 1 aromatic rings. The zero-order valence-electron chi connectivity index (χ0n) is 17.3. The van der Waals surface area contributed by atoms with E-state index in [0.717, 1.165) is 68.9 Å². The first kappa shape index (κ1) is 24.5. The van der Waals surface area contributed by atoms with E-state index in [1.807, 2.05) is 35.2 Å². The zero-order chi connectivity index (χ0) is 19.5. The smallest absolute Gasteiger partial charge is 0.253 e. The fourth-order valence-electron chi connectivity index (χ4n) is 3.25. The minimum absolute atomic E-state index is 0. The van der Waals surface area contributed by atoms with Crippen LogP contribution in [-0.4, -0.2) is 54.9 Å². The van der Waals surface area contributed by atoms with E-state index in [0.29, 0.717) is 6.54 Å². The number of allylic oxidation sites excluding steroid dienone is 1. The topological polar surface area (TPSA) is 47.9 Å². The molecule has 0 bridgehead atoms. The second kappa shape index (κ2) is 13.6. The van der Waals surface area contributed by atoms with Gasteiger partial charge in [0, 0.05) is 38.8 Å². The van der Waals surface area contributed by atoms with Gasteiger partial charge in [-0.15, -0.1) is 30.6 Å². The largest absolute Gasteiger partial charge is 0.357 e. The van der Waals surface area contributed by atoms with Crippen LogP contribution in [0.1, 0.15) is 54.9 Å². The number of likely N-dealkylation sites (tertiary alicyclic amines) is 1. The van der Waals surface area contributed by atoms with Crippen LogP contribution in [0.25, 0.3) is 0 Å². The molecule has 5 nitrogen and oxygen atoms in total. The monoisotopic (exact) mass is 498 g/mol. The molecule has 0 aromatic heterocycles. The average Bonchev–Trinajstić information content (AvgIpc) is 2.71. The molecule has 1 N–H and O–H groups in total. The van der Waals surface area contributed by atoms with Crippen LogP contribution in [-0.2, 0) is 6.54 Å². The third-order valence-electron chi connectivity index (χ3n) is 4.85. The number of benzene rings is 1. The Morgan fingerprint density at radius 3 is 2.54 bits per heavy atom. The Morgan fingerprint density at radius 1 is 1.25 bits per heavy atom. The summed E-state index contributed by atoms with van der Waals surface area (Å²) in [7, 11) is 2.06. The molecular weight excluding hydrogens is 463 g/mol. The van der Waals surface area contributed by atoms with Crippen molar-refractivity contribution in [2.24, 2.45) is 4.99 Å². The van der Waals surface area contributed by atoms with Crippen molar-refractivity contribution in [1.29, 1.82) is 0 Å². The lowest BCUT2D eigenvalue weighted by atomic mass is 10.1. The molecule has 1 aliphatic heterocycles. The number of carbonyl (C=O) groups excluding carboxylic acids is 1. The Labute approximate surface area is 187 Å². The summed E-state index contributed by atoms with van der Waals surface area (Å²) in [6, 6.07) is 7.90. The van der Waals surface area contributed by atoms with Crippen molar-refractivity contribution in [2.75, 3.05) is 33.2 Å². The number of rotatable bonds is 8. The van der Waals surface area contributed by atoms with Gasteiger partial charge in [0.2, 0.25) is 0 Å². The number of nitrogens with one attached hydrogen (secondary N) is 1. The van der Waals surface area contributed by atoms with E-state index in [1.165, 1.54) is 6.42 Å². The summed E-state index contributed by atoms with van der Waals surface area (Å²) in [5, 5.41) is 3.34. The maximum absolute atomic E-state index is 12.6. The molecule has 0 aliphatic carbocycles. The van der Waals surface area contributed by atoms with Crippen molar-refractivity contribution >= 4 is 35.8 Å². The molecule has 1 amide bonds. The molecule has 1 fully saturated rings. The quantitative estimate of drug-likeness (QED) is 0.191. The lowest BCUT2D eigenvalue weighted by Gasteiger charge is -2.26. The van der Waals surface area contributed by atoms with Crippen molar-refractivity contribution in [1.82, 2.24) is 15.1 Å². The minimum atomic E-state index is 0. The van der Waals surface area contributed by atoms with Gasteiger partial charge in [0.15, 0.2) is 5.96 Å². The molecule has 1 aromatic carbocycles. The second-order valence-corrected chi connectivity index (χ2v) is 7.07. The predicted octanol–water partition coefficient (Wildman–Crippen LogP) is 4.29. The number of halogens is 1. The highest BCUT2D eigenvalue weighted by molar-refractivity contribution is 14.0. The summed E-state index contributed by atoms with van der Waals surface area (Å²) in [4.78, 5) is 21.4. The normalized spacial score (nSPS) is 14.2. The van der Waals surface area contributed by atoms with Crippen LogP contribution in [0.15, 0.2) is 41.9 Å². The van der Waals surface area contributed by atoms with Crippen molar-refractivity contribution in [3.63, 3.8) is 0 Å². The summed E-state index contributed by atoms with van der Waals surface area (Å²) in [5.41, 5.74) is 1.89. The second-order valence-electron chi connectivity index (χ2n) is 7.07. The summed E-state index contributed by atoms with van der Waals surface area (Å²) >= 11 is 0. The first-order chi connectivity index (χ1) is 13.2. The number of hydrogen-bond donors (Lipinski definition) is 1. The molecule has 1 saturated heterocycles. The third-order valence-corrected chi connectivity index (χ3v) is 4.85. The number of unbranched alkanes of at least 4 members (excludes halogenated alkanes) is 1. The zero-order valence-corrected chi connectivity index (χ0v) is 19.7. The van der Waals surface area contributed by atoms with Crippen LogP contribution in [0.3, 0.4) is 0 Å². The van der Waals surface area contributed by atoms with Gasteiger partial charge in [0.25, 0.3) is 5.91 Å². The Morgan fingerprint density at radius 2 is 1.93 bits per heavy atom. The van der Waals surface area contributed by atoms with Crippen molar-refractivity contribution < 1.29 is 4.79 Å². The first-order valence-electron chi connectivity index (χ1n) is 10.1. The van der Waals surface area contributed by atoms with Gasteiger partial charge < -0.3 is 15.1 Å². The highest BCUT2D eigenvalue weighted by Gasteiger charge is 2.17. The van der Waals surface area contributed by atoms with Gasteiger partial charge in [0.1, 0.15) is 0 Å². The molecule has 6 heteroatoms. The Balaban J connectivity index is 0.00000392. The van der Waals surface area contributed by atoms with Crippen molar-refractivity contribution in [2.45, 2.75) is 45.6 Å². The van der Waals surface area contributed by atoms with E-state index in [2.05, 4.69) is 30.8 Å². The van der Waals surface area contributed by atoms with Crippen molar-refractivity contribution in [3.8, 4) is 0 Å². The first-order valence-corrected chi connectivity index (χ1v) is 10.1. The number of guanidine groups is 1. The van der Waals surface area contributed by atoms with Crippen LogP contribution < -0.4 is 5.32 Å². The molecule has 0 unspecified atom stereocenters. The van der Waals surface area contributed by atoms with E-state index in [4.69, 9.17) is 4.99 Å². The van der Waals surface area contributed by atoms with E-state index >= 15 is 0 Å². The van der Waals surface area contributed by atoms with Crippen LogP contribution in [0.4, 0.5) is 0 Å². The van der Waals surface area contributed by atoms with Crippen LogP contribution in [0, 0.1) is 0 Å². The van der Waals surface area contributed by atoms with E-state index in [9.17, 15) is 4.79 Å². The van der Waals surface area contributed by atoms with Crippen LogP contribution in [0.2, 0.25) is 0 Å². The van der Waals surface area contributed by atoms with Crippen LogP contribution >= 0.6 is 24.0 Å². The number of amides is 1. The van der Waals surface area contributed by atoms with Gasteiger partial charge >= 0.3 is 0 Å². The molecule has 0 spiro atoms. The molecule has 2 rings (SSSR count). The molecule has 1 heterocycles. The summed E-state index contributed by atoms with van der Waals surface area (Å²) < 4.78 is 0. The molecule has 0 atom stereocenters. The Bertz CT molecular complexity index is 624. The maximum Gasteiger partial charge on any atom is 0.253 e. The number of piperidine rings is 1. The lowest BCUT2D eigenvalue weighted by molar-refractivity contribution is 0.0724. The minimum Gasteiger partial charge on any atom is -0.357 e. The standard InChI is InChI=1S/C22H34N4O.HI/c1-4-6-8-15-25(3)22(23-5-2)24-18-19-11-13-20(14-12-19)21(27)26-16-9-7-10-17-26;/h4,11-14H,1,5-10,15-18H2,2-3H3,(H,23,24);1H. The van der Waals surface area contributed by atoms with E-state index < -0.39 is 0 Å². The molecule has 0 radical (unpaired) electrons. The SMILES string of the molecule is C=CCCCN(C)C(=NCc1ccc(C(=O)N2CCCCC2)cc1)NCC.I. The van der Waals surface area contributed by atoms with Gasteiger partial charge in [-0.1, -0.05) is 18.2 Å². The number of carbonyl (C=O) groups is 1. The molecule has 156 valence electrons. The Kier molecular flexibility index (Phi) is 11.9. The third kappa shape index (κ3) is 7.81. The van der Waals surface area contributed by atoms with Gasteiger partial charge in [-0.25, -0.2) is 4.99 Å². The summed E-state index contributed by atoms with van der Waals surface area (Å²) in [5.74, 6) is 1.06. The van der Waals surface area contributed by atoms with E-state index in [1.54, 1.807) is 0 Å². The molecular formula is C22H35IN4O. The van der Waals surface area contributed by atoms with Gasteiger partial charge in [-0.2, -0.15) is 0 Å². The number of aliphatic imine (C=N–C) groups is 1. The maximum atomic E-state index is 12.6. The van der Waals surface area contributed by atoms with Gasteiger partial charge in [0.05, 0.1) is 6.54 Å². The molecule has 0 saturated carbocycles. The number of nitrogens with zero attached hydrogens (tertiary/aromatic N) is 3. The van der Waals surface area contributed by atoms with Crippen molar-refractivity contribution in [3.05, 3.63) is 48.0 Å². The van der Waals surface area contributed by atoms with E-state index in [-0.39, 0.29) is 29.9 Å². The van der Waals surface area contributed by atoms with Gasteiger partial charge in [-0.3, -0.25) is 4.79 Å². The average molecular weight is 498 g/mol. The Hall–Kier alpha value is -1.57. The fourth-order valence-corrected chi connectivity index (χ4v) is 3.25. The molecule has 28 heavy (non-hydrogen) atoms. The lowest BCUT2D eigenvalue weighted by Crippen LogP contribution is -2.39. The highest BCUT2D eigenvalue weighted by atomic mass is 127. The highest BCUT2D eigenvalue weighted by Crippen LogP contribution is 2.14.